The molecule has 0 unspecified atom stereocenters. The van der Waals surface area contributed by atoms with Crippen molar-refractivity contribution in [3.05, 3.63) is 28.2 Å². The quantitative estimate of drug-likeness (QED) is 0.336. The zero-order valence-electron chi connectivity index (χ0n) is 8.30. The molecule has 0 aliphatic carbocycles. The first-order chi connectivity index (χ1) is 7.06. The van der Waals surface area contributed by atoms with Crippen LogP contribution >= 0.6 is 0 Å². The molecule has 0 fully saturated rings. The van der Waals surface area contributed by atoms with Gasteiger partial charge in [0.05, 0.1) is 10.5 Å². The molecular formula is C8H10N4O3. The third-order valence-corrected chi connectivity index (χ3v) is 1.63. The van der Waals surface area contributed by atoms with Gasteiger partial charge in [0.1, 0.15) is 11.9 Å². The molecule has 0 amide bonds. The first-order valence-electron chi connectivity index (χ1n) is 4.07. The van der Waals surface area contributed by atoms with Crippen molar-refractivity contribution in [2.75, 3.05) is 14.1 Å². The van der Waals surface area contributed by atoms with Crippen LogP contribution in [0.25, 0.3) is 5.57 Å². The van der Waals surface area contributed by atoms with E-state index >= 15 is 0 Å². The molecule has 0 aromatic carbocycles. The summed E-state index contributed by atoms with van der Waals surface area (Å²) in [5.74, 6) is 0. The van der Waals surface area contributed by atoms with Gasteiger partial charge in [-0.3, -0.25) is 20.0 Å². The van der Waals surface area contributed by atoms with Gasteiger partial charge >= 0.3 is 5.69 Å². The molecule has 1 aromatic rings. The Morgan fingerprint density at radius 2 is 2.33 bits per heavy atom. The van der Waals surface area contributed by atoms with Crippen molar-refractivity contribution in [3.8, 4) is 0 Å². The summed E-state index contributed by atoms with van der Waals surface area (Å²) in [6.45, 7) is 0. The number of aromatic nitrogens is 2. The normalized spacial score (nSPS) is 11.2. The minimum absolute atomic E-state index is 0.115. The number of hydrogen-bond acceptors (Lipinski definition) is 5. The summed E-state index contributed by atoms with van der Waals surface area (Å²) in [6.07, 6.45) is 3.09. The summed E-state index contributed by atoms with van der Waals surface area (Å²) in [6, 6.07) is 0. The molecule has 1 N–H and O–H groups in total. The summed E-state index contributed by atoms with van der Waals surface area (Å²) in [7, 11) is 3.43. The predicted octanol–water partition coefficient (Wildman–Crippen LogP) is 0.419. The Kier molecular flexibility index (Phi) is 3.17. The van der Waals surface area contributed by atoms with Crippen LogP contribution in [0.3, 0.4) is 0 Å². The number of aldehydes is 1. The van der Waals surface area contributed by atoms with Gasteiger partial charge in [-0.2, -0.15) is 5.10 Å². The van der Waals surface area contributed by atoms with Gasteiger partial charge in [0.15, 0.2) is 6.29 Å². The van der Waals surface area contributed by atoms with Crippen LogP contribution in [0, 0.1) is 10.1 Å². The minimum atomic E-state index is -0.591. The topological polar surface area (TPSA) is 92.1 Å². The van der Waals surface area contributed by atoms with Crippen molar-refractivity contribution in [1.82, 2.24) is 15.1 Å². The number of carbonyl (C=O) groups excluding carboxylic acids is 1. The van der Waals surface area contributed by atoms with E-state index in [2.05, 4.69) is 10.2 Å². The molecule has 1 heterocycles. The second-order valence-electron chi connectivity index (χ2n) is 3.05. The predicted molar refractivity (Wildman–Crippen MR) is 53.0 cm³/mol. The number of nitrogens with zero attached hydrogens (tertiary/aromatic N) is 3. The number of H-pyrrole nitrogens is 1. The van der Waals surface area contributed by atoms with Crippen molar-refractivity contribution in [2.45, 2.75) is 0 Å². The third-order valence-electron chi connectivity index (χ3n) is 1.63. The fraction of sp³-hybridized carbons (Fsp3) is 0.250. The van der Waals surface area contributed by atoms with Crippen LogP contribution in [0.4, 0.5) is 5.69 Å². The molecule has 0 bridgehead atoms. The first-order valence-corrected chi connectivity index (χ1v) is 4.07. The smallest absolute Gasteiger partial charge is 0.314 e. The van der Waals surface area contributed by atoms with Crippen LogP contribution in [0.15, 0.2) is 12.4 Å². The Balaban J connectivity index is 3.18. The van der Waals surface area contributed by atoms with Crippen molar-refractivity contribution in [3.63, 3.8) is 0 Å². The first kappa shape index (κ1) is 10.9. The Morgan fingerprint density at radius 1 is 1.67 bits per heavy atom. The van der Waals surface area contributed by atoms with E-state index in [1.54, 1.807) is 19.0 Å². The fourth-order valence-corrected chi connectivity index (χ4v) is 1.06. The average Bonchev–Trinajstić information content (AvgIpc) is 2.62. The number of aromatic amines is 1. The highest BCUT2D eigenvalue weighted by molar-refractivity contribution is 6.07. The molecule has 15 heavy (non-hydrogen) atoms. The maximum absolute atomic E-state index is 10.7. The molecule has 0 aliphatic rings. The Bertz CT molecular complexity index is 408. The summed E-state index contributed by atoms with van der Waals surface area (Å²) in [5.41, 5.74) is 0.0862. The van der Waals surface area contributed by atoms with Gasteiger partial charge in [-0.25, -0.2) is 0 Å². The van der Waals surface area contributed by atoms with Gasteiger partial charge in [0.2, 0.25) is 0 Å². The molecule has 0 atom stereocenters. The number of allylic oxidation sites excluding steroid dienone is 1. The fourth-order valence-electron chi connectivity index (χ4n) is 1.06. The summed E-state index contributed by atoms with van der Waals surface area (Å²) in [4.78, 5) is 22.4. The number of carbonyl (C=O) groups is 1. The molecule has 1 aromatic heterocycles. The molecule has 0 saturated heterocycles. The van der Waals surface area contributed by atoms with Crippen LogP contribution in [0.2, 0.25) is 0 Å². The molecule has 0 radical (unpaired) electrons. The van der Waals surface area contributed by atoms with Gasteiger partial charge in [-0.1, -0.05) is 0 Å². The van der Waals surface area contributed by atoms with E-state index in [0.717, 1.165) is 6.20 Å². The molecule has 0 saturated carbocycles. The molecular weight excluding hydrogens is 200 g/mol. The van der Waals surface area contributed by atoms with E-state index < -0.39 is 4.92 Å². The lowest BCUT2D eigenvalue weighted by atomic mass is 10.2. The zero-order chi connectivity index (χ0) is 11.4. The monoisotopic (exact) mass is 210 g/mol. The molecule has 0 aliphatic heterocycles. The maximum atomic E-state index is 10.7. The van der Waals surface area contributed by atoms with Gasteiger partial charge in [-0.05, 0) is 0 Å². The van der Waals surface area contributed by atoms with Gasteiger partial charge in [-0.15, -0.1) is 0 Å². The van der Waals surface area contributed by atoms with Crippen molar-refractivity contribution in [1.29, 1.82) is 0 Å². The van der Waals surface area contributed by atoms with E-state index in [1.165, 1.54) is 6.20 Å². The second kappa shape index (κ2) is 4.36. The highest BCUT2D eigenvalue weighted by atomic mass is 16.6. The zero-order valence-corrected chi connectivity index (χ0v) is 8.30. The highest BCUT2D eigenvalue weighted by Crippen LogP contribution is 2.21. The summed E-state index contributed by atoms with van der Waals surface area (Å²) < 4.78 is 0. The number of hydrogen-bond donors (Lipinski definition) is 1. The van der Waals surface area contributed by atoms with E-state index in [4.69, 9.17) is 0 Å². The third kappa shape index (κ3) is 2.39. The lowest BCUT2D eigenvalue weighted by molar-refractivity contribution is -0.385. The van der Waals surface area contributed by atoms with Crippen LogP contribution < -0.4 is 0 Å². The van der Waals surface area contributed by atoms with E-state index in [1.807, 2.05) is 0 Å². The molecule has 7 heteroatoms. The van der Waals surface area contributed by atoms with Crippen LogP contribution in [-0.4, -0.2) is 40.4 Å². The summed E-state index contributed by atoms with van der Waals surface area (Å²) in [5, 5.41) is 16.5. The number of rotatable bonds is 4. The second-order valence-corrected chi connectivity index (χ2v) is 3.05. The molecule has 7 nitrogen and oxygen atoms in total. The summed E-state index contributed by atoms with van der Waals surface area (Å²) >= 11 is 0. The largest absolute Gasteiger partial charge is 0.383 e. The SMILES string of the molecule is CN(C)/C=C(\C=O)c1[nH]ncc1[N+](=O)[O-]. The number of nitro groups is 1. The molecule has 80 valence electrons. The van der Waals surface area contributed by atoms with Crippen LogP contribution in [0.1, 0.15) is 5.69 Å². The molecule has 1 rings (SSSR count). The Morgan fingerprint density at radius 3 is 2.80 bits per heavy atom. The van der Waals surface area contributed by atoms with Crippen molar-refractivity contribution < 1.29 is 9.72 Å². The van der Waals surface area contributed by atoms with Gasteiger partial charge in [0.25, 0.3) is 0 Å². The lowest BCUT2D eigenvalue weighted by Gasteiger charge is -2.05. The van der Waals surface area contributed by atoms with E-state index in [0.29, 0.717) is 6.29 Å². The van der Waals surface area contributed by atoms with E-state index in [9.17, 15) is 14.9 Å². The minimum Gasteiger partial charge on any atom is -0.383 e. The number of nitrogens with one attached hydrogen (secondary N) is 1. The standard InChI is InChI=1S/C8H10N4O3/c1-11(2)4-6(5-13)8-7(12(14)15)3-9-10-8/h3-5H,1-2H3,(H,9,10)/b6-4+. The van der Waals surface area contributed by atoms with Crippen LogP contribution in [-0.2, 0) is 4.79 Å². The van der Waals surface area contributed by atoms with Crippen molar-refractivity contribution in [2.24, 2.45) is 0 Å². The van der Waals surface area contributed by atoms with Crippen LogP contribution in [0.5, 0.6) is 0 Å². The Hall–Kier alpha value is -2.18. The van der Waals surface area contributed by atoms with Gasteiger partial charge < -0.3 is 4.90 Å². The van der Waals surface area contributed by atoms with Gasteiger partial charge in [0, 0.05) is 20.3 Å². The lowest BCUT2D eigenvalue weighted by Crippen LogP contribution is -2.04. The molecule has 0 spiro atoms. The van der Waals surface area contributed by atoms with Crippen molar-refractivity contribution >= 4 is 17.5 Å². The highest BCUT2D eigenvalue weighted by Gasteiger charge is 2.19. The Labute approximate surface area is 85.5 Å². The van der Waals surface area contributed by atoms with E-state index in [-0.39, 0.29) is 17.0 Å². The maximum Gasteiger partial charge on any atom is 0.314 e. The average molecular weight is 210 g/mol.